The molecule has 1 aromatic heterocycles. The third-order valence-corrected chi connectivity index (χ3v) is 3.55. The summed E-state index contributed by atoms with van der Waals surface area (Å²) in [6.45, 7) is 10.3. The quantitative estimate of drug-likeness (QED) is 0.895. The predicted molar refractivity (Wildman–Crippen MR) is 80.6 cm³/mol. The maximum atomic E-state index is 12.4. The van der Waals surface area contributed by atoms with Crippen LogP contribution in [-0.2, 0) is 0 Å². The lowest BCUT2D eigenvalue weighted by molar-refractivity contribution is 0.0658. The summed E-state index contributed by atoms with van der Waals surface area (Å²) in [5.41, 5.74) is 1.06. The van der Waals surface area contributed by atoms with Crippen molar-refractivity contribution >= 4 is 18.1 Å². The van der Waals surface area contributed by atoms with Crippen LogP contribution in [0.5, 0.6) is 0 Å². The number of likely N-dealkylation sites (N-methyl/N-ethyl adjacent to an activating group) is 1. The van der Waals surface area contributed by atoms with E-state index in [-0.39, 0.29) is 11.5 Å². The Morgan fingerprint density at radius 2 is 1.90 bits per heavy atom. The molecule has 1 amide bonds. The molecule has 1 aromatic rings. The molecule has 1 fully saturated rings. The largest absolute Gasteiger partial charge is 0.335 e. The van der Waals surface area contributed by atoms with Crippen LogP contribution in [0.4, 0.5) is 0 Å². The number of aromatic nitrogens is 1. The van der Waals surface area contributed by atoms with Crippen LogP contribution in [-0.4, -0.2) is 53.9 Å². The average molecular weight is 273 g/mol. The zero-order valence-corrected chi connectivity index (χ0v) is 11.7. The van der Waals surface area contributed by atoms with Crippen molar-refractivity contribution in [2.24, 2.45) is 0 Å². The molecular weight excluding hydrogens is 254 g/mol. The SMILES string of the molecule is C=Cc1cc(C(=O)N2CCN(C)CC2)[nH]c(=O)c1C=C. The topological polar surface area (TPSA) is 56.4 Å². The molecule has 1 aliphatic heterocycles. The van der Waals surface area contributed by atoms with Crippen LogP contribution in [0.25, 0.3) is 12.2 Å². The second-order valence-electron chi connectivity index (χ2n) is 4.88. The molecule has 0 atom stereocenters. The highest BCUT2D eigenvalue weighted by atomic mass is 16.2. The van der Waals surface area contributed by atoms with Gasteiger partial charge in [-0.05, 0) is 18.7 Å². The van der Waals surface area contributed by atoms with Crippen molar-refractivity contribution in [3.63, 3.8) is 0 Å². The normalized spacial score (nSPS) is 15.9. The second kappa shape index (κ2) is 5.88. The van der Waals surface area contributed by atoms with Gasteiger partial charge in [-0.3, -0.25) is 9.59 Å². The highest BCUT2D eigenvalue weighted by Crippen LogP contribution is 2.11. The first-order chi connectivity index (χ1) is 9.56. The number of rotatable bonds is 3. The summed E-state index contributed by atoms with van der Waals surface area (Å²) in [5.74, 6) is -0.145. The molecule has 2 heterocycles. The van der Waals surface area contributed by atoms with Crippen LogP contribution in [0.3, 0.4) is 0 Å². The van der Waals surface area contributed by atoms with E-state index in [9.17, 15) is 9.59 Å². The molecule has 1 aliphatic rings. The molecule has 1 N–H and O–H groups in total. The van der Waals surface area contributed by atoms with Crippen molar-refractivity contribution in [1.82, 2.24) is 14.8 Å². The molecule has 0 aromatic carbocycles. The first-order valence-corrected chi connectivity index (χ1v) is 6.57. The zero-order valence-electron chi connectivity index (χ0n) is 11.7. The van der Waals surface area contributed by atoms with Crippen LogP contribution in [0.1, 0.15) is 21.6 Å². The Labute approximate surface area is 118 Å². The minimum absolute atomic E-state index is 0.145. The molecule has 106 valence electrons. The first kappa shape index (κ1) is 14.3. The number of aromatic amines is 1. The van der Waals surface area contributed by atoms with Crippen molar-refractivity contribution in [1.29, 1.82) is 0 Å². The molecule has 5 nitrogen and oxygen atoms in total. The molecule has 0 bridgehead atoms. The molecular formula is C15H19N3O2. The van der Waals surface area contributed by atoms with Gasteiger partial charge in [-0.2, -0.15) is 0 Å². The van der Waals surface area contributed by atoms with Gasteiger partial charge in [-0.1, -0.05) is 25.3 Å². The van der Waals surface area contributed by atoms with Gasteiger partial charge in [-0.15, -0.1) is 0 Å². The van der Waals surface area contributed by atoms with E-state index in [1.54, 1.807) is 17.0 Å². The molecule has 1 saturated heterocycles. The van der Waals surface area contributed by atoms with E-state index in [1.807, 2.05) is 7.05 Å². The van der Waals surface area contributed by atoms with E-state index in [2.05, 4.69) is 23.0 Å². The number of piperazine rings is 1. The van der Waals surface area contributed by atoms with E-state index in [0.717, 1.165) is 13.1 Å². The fourth-order valence-electron chi connectivity index (χ4n) is 2.26. The Bertz CT molecular complexity index is 596. The lowest BCUT2D eigenvalue weighted by Gasteiger charge is -2.32. The summed E-state index contributed by atoms with van der Waals surface area (Å²) in [4.78, 5) is 30.9. The number of carbonyl (C=O) groups excluding carboxylic acids is 1. The third-order valence-electron chi connectivity index (χ3n) is 3.55. The monoisotopic (exact) mass is 273 g/mol. The fraction of sp³-hybridized carbons (Fsp3) is 0.333. The van der Waals surface area contributed by atoms with E-state index >= 15 is 0 Å². The van der Waals surface area contributed by atoms with Gasteiger partial charge >= 0.3 is 0 Å². The standard InChI is InChI=1S/C15H19N3O2/c1-4-11-10-13(16-14(19)12(11)5-2)15(20)18-8-6-17(3)7-9-18/h4-5,10H,1-2,6-9H2,3H3,(H,16,19). The molecule has 0 aliphatic carbocycles. The van der Waals surface area contributed by atoms with Gasteiger partial charge in [0.15, 0.2) is 0 Å². The molecule has 0 spiro atoms. The number of nitrogens with one attached hydrogen (secondary N) is 1. The van der Waals surface area contributed by atoms with E-state index in [4.69, 9.17) is 0 Å². The Morgan fingerprint density at radius 3 is 2.45 bits per heavy atom. The maximum absolute atomic E-state index is 12.4. The van der Waals surface area contributed by atoms with Gasteiger partial charge in [0.1, 0.15) is 5.69 Å². The molecule has 0 unspecified atom stereocenters. The third kappa shape index (κ3) is 2.72. The summed E-state index contributed by atoms with van der Waals surface area (Å²) >= 11 is 0. The number of H-pyrrole nitrogens is 1. The van der Waals surface area contributed by atoms with E-state index in [0.29, 0.717) is 29.9 Å². The van der Waals surface area contributed by atoms with Crippen LogP contribution >= 0.6 is 0 Å². The fourth-order valence-corrected chi connectivity index (χ4v) is 2.26. The number of nitrogens with zero attached hydrogens (tertiary/aromatic N) is 2. The van der Waals surface area contributed by atoms with Gasteiger partial charge in [0.05, 0.1) is 0 Å². The lowest BCUT2D eigenvalue weighted by Crippen LogP contribution is -2.47. The van der Waals surface area contributed by atoms with Crippen LogP contribution in [0, 0.1) is 0 Å². The molecule has 0 saturated carbocycles. The van der Waals surface area contributed by atoms with Crippen molar-refractivity contribution in [3.8, 4) is 0 Å². The summed E-state index contributed by atoms with van der Waals surface area (Å²) < 4.78 is 0. The van der Waals surface area contributed by atoms with E-state index in [1.165, 1.54) is 6.08 Å². The van der Waals surface area contributed by atoms with Gasteiger partial charge < -0.3 is 14.8 Å². The summed E-state index contributed by atoms with van der Waals surface area (Å²) in [7, 11) is 2.03. The summed E-state index contributed by atoms with van der Waals surface area (Å²) in [6, 6.07) is 1.66. The average Bonchev–Trinajstić information content (AvgIpc) is 2.46. The summed E-state index contributed by atoms with van der Waals surface area (Å²) in [5, 5.41) is 0. The predicted octanol–water partition coefficient (Wildman–Crippen LogP) is 1.05. The van der Waals surface area contributed by atoms with Crippen molar-refractivity contribution in [2.75, 3.05) is 33.2 Å². The van der Waals surface area contributed by atoms with E-state index < -0.39 is 0 Å². The highest BCUT2D eigenvalue weighted by Gasteiger charge is 2.21. The first-order valence-electron chi connectivity index (χ1n) is 6.57. The highest BCUT2D eigenvalue weighted by molar-refractivity contribution is 5.93. The number of carbonyl (C=O) groups is 1. The minimum atomic E-state index is -0.310. The van der Waals surface area contributed by atoms with Crippen molar-refractivity contribution < 1.29 is 4.79 Å². The molecule has 2 rings (SSSR count). The van der Waals surface area contributed by atoms with Crippen molar-refractivity contribution in [3.05, 3.63) is 46.4 Å². The number of hydrogen-bond acceptors (Lipinski definition) is 3. The van der Waals surface area contributed by atoms with Crippen LogP contribution < -0.4 is 5.56 Å². The van der Waals surface area contributed by atoms with Gasteiger partial charge in [0.25, 0.3) is 11.5 Å². The van der Waals surface area contributed by atoms with Gasteiger partial charge in [0, 0.05) is 31.7 Å². The van der Waals surface area contributed by atoms with Gasteiger partial charge in [0.2, 0.25) is 0 Å². The smallest absolute Gasteiger partial charge is 0.270 e. The lowest BCUT2D eigenvalue weighted by atomic mass is 10.1. The molecule has 0 radical (unpaired) electrons. The zero-order chi connectivity index (χ0) is 14.7. The molecule has 5 heteroatoms. The number of amides is 1. The summed E-state index contributed by atoms with van der Waals surface area (Å²) in [6.07, 6.45) is 3.03. The molecule has 20 heavy (non-hydrogen) atoms. The number of pyridine rings is 1. The Hall–Kier alpha value is -2.14. The van der Waals surface area contributed by atoms with Gasteiger partial charge in [-0.25, -0.2) is 0 Å². The van der Waals surface area contributed by atoms with Crippen molar-refractivity contribution in [2.45, 2.75) is 0 Å². The van der Waals surface area contributed by atoms with Crippen LogP contribution in [0.2, 0.25) is 0 Å². The Balaban J connectivity index is 2.31. The maximum Gasteiger partial charge on any atom is 0.270 e. The van der Waals surface area contributed by atoms with Crippen LogP contribution in [0.15, 0.2) is 24.0 Å². The number of hydrogen-bond donors (Lipinski definition) is 1. The Morgan fingerprint density at radius 1 is 1.25 bits per heavy atom. The minimum Gasteiger partial charge on any atom is -0.335 e. The Kier molecular flexibility index (Phi) is 4.20. The second-order valence-corrected chi connectivity index (χ2v) is 4.88.